The van der Waals surface area contributed by atoms with Crippen LogP contribution >= 0.6 is 0 Å². The van der Waals surface area contributed by atoms with Crippen molar-refractivity contribution in [2.75, 3.05) is 19.8 Å². The number of carbonyl (C=O) groups excluding carboxylic acids is 1. The smallest absolute Gasteiger partial charge is 0.254 e. The number of carbonyl (C=O) groups is 1. The number of nitrogens with zero attached hydrogens (tertiary/aromatic N) is 2. The Labute approximate surface area is 130 Å². The van der Waals surface area contributed by atoms with Crippen LogP contribution in [0.15, 0.2) is 24.3 Å². The van der Waals surface area contributed by atoms with Crippen LogP contribution in [0.25, 0.3) is 0 Å². The van der Waals surface area contributed by atoms with E-state index in [2.05, 4.69) is 10.2 Å². The number of ether oxygens (including phenoxy) is 1. The van der Waals surface area contributed by atoms with Gasteiger partial charge in [-0.25, -0.2) is 0 Å². The molecule has 0 radical (unpaired) electrons. The summed E-state index contributed by atoms with van der Waals surface area (Å²) in [5.74, 6) is 0.0528. The first kappa shape index (κ1) is 14.8. The van der Waals surface area contributed by atoms with Crippen molar-refractivity contribution in [1.82, 2.24) is 15.1 Å². The van der Waals surface area contributed by atoms with E-state index in [4.69, 9.17) is 4.74 Å². The number of hydrogen-bond acceptors (Lipinski definition) is 3. The van der Waals surface area contributed by atoms with Gasteiger partial charge in [-0.2, -0.15) is 5.10 Å². The molecular weight excluding hydrogens is 278 g/mol. The van der Waals surface area contributed by atoms with Crippen LogP contribution in [0.4, 0.5) is 0 Å². The lowest BCUT2D eigenvalue weighted by atomic mass is 10.0. The summed E-state index contributed by atoms with van der Waals surface area (Å²) in [5, 5.41) is 7.25. The van der Waals surface area contributed by atoms with E-state index >= 15 is 0 Å². The number of rotatable bonds is 2. The van der Waals surface area contributed by atoms with Crippen LogP contribution in [0.5, 0.6) is 0 Å². The largest absolute Gasteiger partial charge is 0.377 e. The molecule has 1 amide bonds. The fourth-order valence-electron chi connectivity index (χ4n) is 3.08. The van der Waals surface area contributed by atoms with Crippen LogP contribution in [0.2, 0.25) is 0 Å². The molecule has 0 bridgehead atoms. The van der Waals surface area contributed by atoms with Crippen molar-refractivity contribution >= 4 is 5.91 Å². The van der Waals surface area contributed by atoms with Crippen molar-refractivity contribution in [2.45, 2.75) is 26.8 Å². The van der Waals surface area contributed by atoms with Crippen LogP contribution < -0.4 is 0 Å². The minimum atomic E-state index is -0.0829. The third kappa shape index (κ3) is 2.64. The zero-order chi connectivity index (χ0) is 15.7. The van der Waals surface area contributed by atoms with Gasteiger partial charge in [-0.05, 0) is 32.9 Å². The second kappa shape index (κ2) is 5.93. The zero-order valence-corrected chi connectivity index (χ0v) is 13.2. The van der Waals surface area contributed by atoms with Gasteiger partial charge >= 0.3 is 0 Å². The first-order valence-electron chi connectivity index (χ1n) is 7.55. The van der Waals surface area contributed by atoms with Crippen molar-refractivity contribution in [1.29, 1.82) is 0 Å². The summed E-state index contributed by atoms with van der Waals surface area (Å²) in [5.41, 5.74) is 4.81. The van der Waals surface area contributed by atoms with Gasteiger partial charge in [0.05, 0.1) is 24.9 Å². The summed E-state index contributed by atoms with van der Waals surface area (Å²) in [7, 11) is 0. The highest BCUT2D eigenvalue weighted by Gasteiger charge is 2.32. The van der Waals surface area contributed by atoms with E-state index in [1.165, 1.54) is 0 Å². The number of morpholine rings is 1. The van der Waals surface area contributed by atoms with Crippen molar-refractivity contribution in [3.63, 3.8) is 0 Å². The fraction of sp³-hybridized carbons (Fsp3) is 0.412. The molecule has 5 heteroatoms. The normalized spacial score (nSPS) is 18.5. The number of benzene rings is 1. The van der Waals surface area contributed by atoms with E-state index in [9.17, 15) is 4.79 Å². The Morgan fingerprint density at radius 1 is 1.36 bits per heavy atom. The lowest BCUT2D eigenvalue weighted by molar-refractivity contribution is -0.00302. The highest BCUT2D eigenvalue weighted by molar-refractivity contribution is 5.94. The molecule has 0 aliphatic carbocycles. The highest BCUT2D eigenvalue weighted by Crippen LogP contribution is 2.29. The lowest BCUT2D eigenvalue weighted by Gasteiger charge is -2.36. The molecular formula is C17H21N3O2. The number of aromatic amines is 1. The van der Waals surface area contributed by atoms with Crippen molar-refractivity contribution in [3.8, 4) is 0 Å². The quantitative estimate of drug-likeness (QED) is 0.927. The highest BCUT2D eigenvalue weighted by atomic mass is 16.5. The molecule has 3 rings (SSSR count). The molecule has 1 unspecified atom stereocenters. The summed E-state index contributed by atoms with van der Waals surface area (Å²) in [6.45, 7) is 7.63. The summed E-state index contributed by atoms with van der Waals surface area (Å²) < 4.78 is 5.62. The Morgan fingerprint density at radius 3 is 2.86 bits per heavy atom. The second-order valence-corrected chi connectivity index (χ2v) is 5.81. The van der Waals surface area contributed by atoms with E-state index in [0.717, 1.165) is 28.1 Å². The monoisotopic (exact) mass is 299 g/mol. The van der Waals surface area contributed by atoms with Crippen LogP contribution in [-0.2, 0) is 4.74 Å². The van der Waals surface area contributed by atoms with E-state index in [1.54, 1.807) is 0 Å². The molecule has 1 aromatic carbocycles. The van der Waals surface area contributed by atoms with Crippen LogP contribution in [0.1, 0.15) is 38.9 Å². The molecule has 1 saturated heterocycles. The maximum absolute atomic E-state index is 12.9. The number of H-pyrrole nitrogens is 1. The Kier molecular flexibility index (Phi) is 3.98. The molecule has 5 nitrogen and oxygen atoms in total. The van der Waals surface area contributed by atoms with Crippen LogP contribution in [0, 0.1) is 20.8 Å². The number of hydrogen-bond donors (Lipinski definition) is 1. The van der Waals surface area contributed by atoms with E-state index in [-0.39, 0.29) is 11.9 Å². The molecule has 1 atom stereocenters. The molecule has 116 valence electrons. The maximum atomic E-state index is 12.9. The summed E-state index contributed by atoms with van der Waals surface area (Å²) in [6.07, 6.45) is 0. The molecule has 22 heavy (non-hydrogen) atoms. The van der Waals surface area contributed by atoms with Gasteiger partial charge in [0.25, 0.3) is 5.91 Å². The average molecular weight is 299 g/mol. The molecule has 1 aliphatic rings. The topological polar surface area (TPSA) is 58.2 Å². The van der Waals surface area contributed by atoms with Gasteiger partial charge < -0.3 is 9.64 Å². The van der Waals surface area contributed by atoms with Crippen LogP contribution in [0.3, 0.4) is 0 Å². The molecule has 1 fully saturated rings. The average Bonchev–Trinajstić information content (AvgIpc) is 2.85. The van der Waals surface area contributed by atoms with Crippen molar-refractivity contribution in [2.24, 2.45) is 0 Å². The minimum Gasteiger partial charge on any atom is -0.377 e. The number of aromatic nitrogens is 2. The second-order valence-electron chi connectivity index (χ2n) is 5.81. The molecule has 1 N–H and O–H groups in total. The zero-order valence-electron chi connectivity index (χ0n) is 13.2. The molecule has 0 saturated carbocycles. The number of amides is 1. The molecule has 0 spiro atoms. The van der Waals surface area contributed by atoms with Gasteiger partial charge in [0.2, 0.25) is 0 Å². The molecule has 1 aromatic heterocycles. The van der Waals surface area contributed by atoms with Gasteiger partial charge in [-0.15, -0.1) is 0 Å². The lowest BCUT2D eigenvalue weighted by Crippen LogP contribution is -2.43. The number of aryl methyl sites for hydroxylation is 3. The van der Waals surface area contributed by atoms with E-state index < -0.39 is 0 Å². The molecule has 2 heterocycles. The Morgan fingerprint density at radius 2 is 2.18 bits per heavy atom. The minimum absolute atomic E-state index is 0.0528. The molecule has 1 aliphatic heterocycles. The van der Waals surface area contributed by atoms with Crippen LogP contribution in [-0.4, -0.2) is 40.8 Å². The van der Waals surface area contributed by atoms with Gasteiger partial charge in [0.15, 0.2) is 0 Å². The predicted molar refractivity (Wildman–Crippen MR) is 83.8 cm³/mol. The van der Waals surface area contributed by atoms with E-state index in [1.807, 2.05) is 49.9 Å². The van der Waals surface area contributed by atoms with Crippen molar-refractivity contribution in [3.05, 3.63) is 52.3 Å². The standard InChI is InChI=1S/C17H21N3O2/c1-11-5-4-6-14(9-11)17(21)20-7-8-22-10-15(20)16-12(2)18-19-13(16)3/h4-6,9,15H,7-8,10H2,1-3H3,(H,18,19). The fourth-order valence-corrected chi connectivity index (χ4v) is 3.08. The third-order valence-electron chi connectivity index (χ3n) is 4.17. The Bertz CT molecular complexity index is 673. The summed E-state index contributed by atoms with van der Waals surface area (Å²) >= 11 is 0. The Balaban J connectivity index is 1.95. The predicted octanol–water partition coefficient (Wildman–Crippen LogP) is 2.55. The third-order valence-corrected chi connectivity index (χ3v) is 4.17. The molecule has 2 aromatic rings. The first-order chi connectivity index (χ1) is 10.6. The number of nitrogens with one attached hydrogen (secondary N) is 1. The summed E-state index contributed by atoms with van der Waals surface area (Å²) in [4.78, 5) is 14.8. The summed E-state index contributed by atoms with van der Waals surface area (Å²) in [6, 6.07) is 7.64. The van der Waals surface area contributed by atoms with Gasteiger partial charge in [-0.1, -0.05) is 17.7 Å². The van der Waals surface area contributed by atoms with Gasteiger partial charge in [-0.3, -0.25) is 9.89 Å². The van der Waals surface area contributed by atoms with Gasteiger partial charge in [0.1, 0.15) is 0 Å². The Hall–Kier alpha value is -2.14. The first-order valence-corrected chi connectivity index (χ1v) is 7.55. The SMILES string of the molecule is Cc1cccc(C(=O)N2CCOCC2c2c(C)n[nH]c2C)c1. The van der Waals surface area contributed by atoms with Gasteiger partial charge in [0, 0.05) is 23.4 Å². The van der Waals surface area contributed by atoms with E-state index in [0.29, 0.717) is 19.8 Å². The maximum Gasteiger partial charge on any atom is 0.254 e. The van der Waals surface area contributed by atoms with Crippen molar-refractivity contribution < 1.29 is 9.53 Å².